The Hall–Kier alpha value is -1.77. The summed E-state index contributed by atoms with van der Waals surface area (Å²) in [5.74, 6) is 0.919. The first-order valence-electron chi connectivity index (χ1n) is 6.79. The third-order valence-corrected chi connectivity index (χ3v) is 3.32. The zero-order valence-corrected chi connectivity index (χ0v) is 12.7. The summed E-state index contributed by atoms with van der Waals surface area (Å²) < 4.78 is 2.17. The summed E-state index contributed by atoms with van der Waals surface area (Å²) in [6.45, 7) is 12.8. The molecule has 0 saturated carbocycles. The van der Waals surface area contributed by atoms with E-state index in [1.165, 1.54) is 16.7 Å². The summed E-state index contributed by atoms with van der Waals surface area (Å²) >= 11 is 0. The van der Waals surface area contributed by atoms with Crippen LogP contribution in [0.4, 0.5) is 11.6 Å². The largest absolute Gasteiger partial charge is 0.325 e. The van der Waals surface area contributed by atoms with Gasteiger partial charge in [-0.2, -0.15) is 0 Å². The highest BCUT2D eigenvalue weighted by Gasteiger charge is 2.11. The standard InChI is InChI=1S/C16H23N3/c1-10(2)19-9-14(6)17-16(19)18-15-12(4)7-11(3)8-13(15)5/h7-10H,1-6H3,(H,17,18). The number of benzene rings is 1. The van der Waals surface area contributed by atoms with Gasteiger partial charge in [0.15, 0.2) is 0 Å². The van der Waals surface area contributed by atoms with Gasteiger partial charge in [-0.1, -0.05) is 17.7 Å². The Bertz CT molecular complexity index is 571. The number of hydrogen-bond acceptors (Lipinski definition) is 2. The van der Waals surface area contributed by atoms with E-state index in [4.69, 9.17) is 0 Å². The van der Waals surface area contributed by atoms with Crippen LogP contribution in [0.1, 0.15) is 42.3 Å². The molecular weight excluding hydrogens is 234 g/mol. The topological polar surface area (TPSA) is 29.9 Å². The molecule has 0 amide bonds. The van der Waals surface area contributed by atoms with Crippen LogP contribution >= 0.6 is 0 Å². The minimum atomic E-state index is 0.398. The lowest BCUT2D eigenvalue weighted by Gasteiger charge is -2.16. The number of rotatable bonds is 3. The second kappa shape index (κ2) is 5.08. The van der Waals surface area contributed by atoms with Gasteiger partial charge in [0.05, 0.1) is 5.69 Å². The Balaban J connectivity index is 2.42. The molecule has 2 aromatic rings. The third-order valence-electron chi connectivity index (χ3n) is 3.32. The summed E-state index contributed by atoms with van der Waals surface area (Å²) in [6.07, 6.45) is 2.09. The molecular formula is C16H23N3. The van der Waals surface area contributed by atoms with E-state index in [1.807, 2.05) is 6.92 Å². The molecule has 0 radical (unpaired) electrons. The van der Waals surface area contributed by atoms with Crippen LogP contribution in [0.5, 0.6) is 0 Å². The third kappa shape index (κ3) is 2.80. The molecule has 102 valence electrons. The fourth-order valence-corrected chi connectivity index (χ4v) is 2.49. The first-order chi connectivity index (χ1) is 8.88. The van der Waals surface area contributed by atoms with Gasteiger partial charge >= 0.3 is 0 Å². The average molecular weight is 257 g/mol. The number of aryl methyl sites for hydroxylation is 4. The van der Waals surface area contributed by atoms with Gasteiger partial charge < -0.3 is 9.88 Å². The molecule has 0 saturated heterocycles. The van der Waals surface area contributed by atoms with Crippen molar-refractivity contribution in [1.29, 1.82) is 0 Å². The molecule has 1 aromatic carbocycles. The van der Waals surface area contributed by atoms with Crippen LogP contribution < -0.4 is 5.32 Å². The zero-order valence-electron chi connectivity index (χ0n) is 12.7. The minimum Gasteiger partial charge on any atom is -0.325 e. The lowest BCUT2D eigenvalue weighted by molar-refractivity contribution is 0.607. The maximum absolute atomic E-state index is 4.58. The molecule has 0 aliphatic carbocycles. The Morgan fingerprint density at radius 3 is 2.16 bits per heavy atom. The Kier molecular flexibility index (Phi) is 3.65. The normalized spacial score (nSPS) is 11.1. The molecule has 1 heterocycles. The van der Waals surface area contributed by atoms with Crippen molar-refractivity contribution >= 4 is 11.6 Å². The Morgan fingerprint density at radius 1 is 1.05 bits per heavy atom. The molecule has 2 rings (SSSR count). The molecule has 1 N–H and O–H groups in total. The fraction of sp³-hybridized carbons (Fsp3) is 0.438. The van der Waals surface area contributed by atoms with E-state index in [2.05, 4.69) is 67.8 Å². The molecule has 19 heavy (non-hydrogen) atoms. The van der Waals surface area contributed by atoms with Crippen molar-refractivity contribution in [3.8, 4) is 0 Å². The highest BCUT2D eigenvalue weighted by Crippen LogP contribution is 2.26. The lowest BCUT2D eigenvalue weighted by atomic mass is 10.1. The van der Waals surface area contributed by atoms with Crippen molar-refractivity contribution < 1.29 is 0 Å². The van der Waals surface area contributed by atoms with E-state index in [9.17, 15) is 0 Å². The predicted molar refractivity (Wildman–Crippen MR) is 81.3 cm³/mol. The van der Waals surface area contributed by atoms with Crippen LogP contribution in [0.15, 0.2) is 18.3 Å². The molecule has 0 atom stereocenters. The molecule has 3 heteroatoms. The maximum Gasteiger partial charge on any atom is 0.207 e. The van der Waals surface area contributed by atoms with Crippen LogP contribution in [0.25, 0.3) is 0 Å². The van der Waals surface area contributed by atoms with Gasteiger partial charge in [-0.05, 0) is 52.7 Å². The summed E-state index contributed by atoms with van der Waals surface area (Å²) in [6, 6.07) is 4.80. The number of nitrogens with one attached hydrogen (secondary N) is 1. The van der Waals surface area contributed by atoms with Gasteiger partial charge in [-0.3, -0.25) is 0 Å². The van der Waals surface area contributed by atoms with Gasteiger partial charge in [0.1, 0.15) is 0 Å². The fourth-order valence-electron chi connectivity index (χ4n) is 2.49. The summed E-state index contributed by atoms with van der Waals surface area (Å²) in [4.78, 5) is 4.58. The lowest BCUT2D eigenvalue weighted by Crippen LogP contribution is -2.07. The van der Waals surface area contributed by atoms with E-state index >= 15 is 0 Å². The minimum absolute atomic E-state index is 0.398. The van der Waals surface area contributed by atoms with E-state index in [0.29, 0.717) is 6.04 Å². The van der Waals surface area contributed by atoms with Crippen molar-refractivity contribution in [2.24, 2.45) is 0 Å². The Labute approximate surface area is 115 Å². The highest BCUT2D eigenvalue weighted by atomic mass is 15.2. The van der Waals surface area contributed by atoms with Gasteiger partial charge in [0.25, 0.3) is 0 Å². The SMILES string of the molecule is Cc1cc(C)c(Nc2nc(C)cn2C(C)C)c(C)c1. The average Bonchev–Trinajstić information content (AvgIpc) is 2.65. The smallest absolute Gasteiger partial charge is 0.207 e. The van der Waals surface area contributed by atoms with Crippen LogP contribution in [0.3, 0.4) is 0 Å². The molecule has 0 fully saturated rings. The second-order valence-corrected chi connectivity index (χ2v) is 5.61. The number of aromatic nitrogens is 2. The van der Waals surface area contributed by atoms with Gasteiger partial charge in [0.2, 0.25) is 5.95 Å². The van der Waals surface area contributed by atoms with Crippen LogP contribution in [-0.2, 0) is 0 Å². The van der Waals surface area contributed by atoms with Crippen molar-refractivity contribution in [3.63, 3.8) is 0 Å². The Morgan fingerprint density at radius 2 is 1.63 bits per heavy atom. The van der Waals surface area contributed by atoms with Crippen LogP contribution in [0.2, 0.25) is 0 Å². The summed E-state index contributed by atoms with van der Waals surface area (Å²) in [5.41, 5.74) is 6.02. The van der Waals surface area contributed by atoms with Crippen molar-refractivity contribution in [3.05, 3.63) is 40.7 Å². The summed E-state index contributed by atoms with van der Waals surface area (Å²) in [7, 11) is 0. The monoisotopic (exact) mass is 257 g/mol. The number of hydrogen-bond donors (Lipinski definition) is 1. The molecule has 0 aliphatic heterocycles. The molecule has 1 aromatic heterocycles. The number of imidazole rings is 1. The first kappa shape index (κ1) is 13.7. The van der Waals surface area contributed by atoms with E-state index in [-0.39, 0.29) is 0 Å². The maximum atomic E-state index is 4.58. The predicted octanol–water partition coefficient (Wildman–Crippen LogP) is 4.44. The summed E-state index contributed by atoms with van der Waals surface area (Å²) in [5, 5.41) is 3.49. The van der Waals surface area contributed by atoms with Gasteiger partial charge in [-0.15, -0.1) is 0 Å². The first-order valence-corrected chi connectivity index (χ1v) is 6.79. The van der Waals surface area contributed by atoms with Crippen LogP contribution in [-0.4, -0.2) is 9.55 Å². The van der Waals surface area contributed by atoms with Gasteiger partial charge in [0, 0.05) is 17.9 Å². The van der Waals surface area contributed by atoms with Crippen LogP contribution in [0, 0.1) is 27.7 Å². The van der Waals surface area contributed by atoms with Crippen molar-refractivity contribution in [2.75, 3.05) is 5.32 Å². The molecule has 0 unspecified atom stereocenters. The number of nitrogens with zero attached hydrogens (tertiary/aromatic N) is 2. The quantitative estimate of drug-likeness (QED) is 0.880. The molecule has 0 spiro atoms. The highest BCUT2D eigenvalue weighted by molar-refractivity contribution is 5.64. The van der Waals surface area contributed by atoms with Crippen molar-refractivity contribution in [1.82, 2.24) is 9.55 Å². The molecule has 0 aliphatic rings. The van der Waals surface area contributed by atoms with E-state index in [0.717, 1.165) is 17.3 Å². The zero-order chi connectivity index (χ0) is 14.2. The van der Waals surface area contributed by atoms with E-state index < -0.39 is 0 Å². The van der Waals surface area contributed by atoms with E-state index in [1.54, 1.807) is 0 Å². The number of anilines is 2. The van der Waals surface area contributed by atoms with Crippen molar-refractivity contribution in [2.45, 2.75) is 47.6 Å². The molecule has 3 nitrogen and oxygen atoms in total. The van der Waals surface area contributed by atoms with Gasteiger partial charge in [-0.25, -0.2) is 4.98 Å². The second-order valence-electron chi connectivity index (χ2n) is 5.61. The molecule has 0 bridgehead atoms.